The zero-order valence-corrected chi connectivity index (χ0v) is 26.5. The first-order valence-corrected chi connectivity index (χ1v) is 16.4. The summed E-state index contributed by atoms with van der Waals surface area (Å²) in [5.74, 6) is -0.763. The van der Waals surface area contributed by atoms with Crippen LogP contribution in [0.1, 0.15) is 90.5 Å². The third-order valence-electron chi connectivity index (χ3n) is 10.2. The van der Waals surface area contributed by atoms with Crippen LogP contribution in [0.25, 0.3) is 0 Å². The lowest BCUT2D eigenvalue weighted by atomic mass is 9.49. The fraction of sp³-hybridized carbons (Fsp3) is 0.706. The molecule has 6 rings (SSSR count). The van der Waals surface area contributed by atoms with Gasteiger partial charge in [-0.1, -0.05) is 30.3 Å². The lowest BCUT2D eigenvalue weighted by molar-refractivity contribution is -0.198. The van der Waals surface area contributed by atoms with Gasteiger partial charge in [-0.2, -0.15) is 0 Å². The number of nitrogens with zero attached hydrogens (tertiary/aromatic N) is 1. The van der Waals surface area contributed by atoms with Crippen LogP contribution in [0.4, 0.5) is 0 Å². The Labute approximate surface area is 260 Å². The minimum atomic E-state index is -2.10. The quantitative estimate of drug-likeness (QED) is 0.210. The van der Waals surface area contributed by atoms with Crippen molar-refractivity contribution in [3.05, 3.63) is 35.9 Å². The number of unbranched alkanes of at least 4 members (excludes halogenated alkanes) is 1. The van der Waals surface area contributed by atoms with Crippen molar-refractivity contribution in [1.29, 1.82) is 0 Å². The summed E-state index contributed by atoms with van der Waals surface area (Å²) in [7, 11) is 0. The zero-order chi connectivity index (χ0) is 31.7. The molecule has 1 aromatic carbocycles. The number of carbonyl (C=O) groups is 4. The molecule has 0 unspecified atom stereocenters. The number of hydrogen-bond donors (Lipinski definition) is 4. The molecule has 1 saturated heterocycles. The van der Waals surface area contributed by atoms with Crippen molar-refractivity contribution in [2.45, 2.75) is 115 Å². The summed E-state index contributed by atoms with van der Waals surface area (Å²) >= 11 is 0. The summed E-state index contributed by atoms with van der Waals surface area (Å²) < 4.78 is 5.64. The largest absolute Gasteiger partial charge is 0.457 e. The average molecular weight is 611 g/mol. The van der Waals surface area contributed by atoms with Crippen LogP contribution in [0, 0.1) is 23.2 Å². The van der Waals surface area contributed by atoms with Crippen LogP contribution < -0.4 is 16.4 Å². The number of primary amides is 1. The van der Waals surface area contributed by atoms with Crippen LogP contribution in [0.15, 0.2) is 30.3 Å². The van der Waals surface area contributed by atoms with Gasteiger partial charge in [0.15, 0.2) is 0 Å². The number of hydrogen-bond acceptors (Lipinski definition) is 7. The number of aryl methyl sites for hydroxylation is 1. The van der Waals surface area contributed by atoms with E-state index in [9.17, 15) is 24.3 Å². The Morgan fingerprint density at radius 3 is 2.20 bits per heavy atom. The standard InChI is InChI=1S/C34H50N4O6/c1-32(2,3)44-31(42)34(43)27(12-14-38(34)13-8-7-11-22-9-5-4-6-10-22)37-29(40)26(18-28(35)39)36-30(41)33-19-23-15-24(20-33)17-25(16-23)21-33/h4-6,9-10,23-27,43H,7-8,11-21H2,1-3H3,(H2,35,39)(H,36,41)(H,37,40)/t23?,24?,25?,26-,27-,33?,34+/m0/s1. The van der Waals surface area contributed by atoms with Crippen molar-refractivity contribution in [3.63, 3.8) is 0 Å². The van der Waals surface area contributed by atoms with E-state index in [4.69, 9.17) is 10.5 Å². The second-order valence-electron chi connectivity index (χ2n) is 14.9. The Hall–Kier alpha value is -2.98. The predicted molar refractivity (Wildman–Crippen MR) is 165 cm³/mol. The normalized spacial score (nSPS) is 31.8. The molecule has 3 atom stereocenters. The molecule has 10 heteroatoms. The predicted octanol–water partition coefficient (Wildman–Crippen LogP) is 2.81. The van der Waals surface area contributed by atoms with E-state index in [1.54, 1.807) is 25.7 Å². The van der Waals surface area contributed by atoms with Crippen molar-refractivity contribution < 1.29 is 29.0 Å². The molecule has 44 heavy (non-hydrogen) atoms. The van der Waals surface area contributed by atoms with Gasteiger partial charge >= 0.3 is 5.97 Å². The molecule has 4 aliphatic carbocycles. The molecule has 3 amide bonds. The van der Waals surface area contributed by atoms with E-state index in [0.29, 0.717) is 37.3 Å². The first-order valence-electron chi connectivity index (χ1n) is 16.4. The van der Waals surface area contributed by atoms with E-state index < -0.39 is 46.6 Å². The van der Waals surface area contributed by atoms with Crippen molar-refractivity contribution in [1.82, 2.24) is 15.5 Å². The van der Waals surface area contributed by atoms with E-state index in [1.807, 2.05) is 18.2 Å². The minimum Gasteiger partial charge on any atom is -0.457 e. The number of amides is 3. The van der Waals surface area contributed by atoms with Gasteiger partial charge in [-0.05, 0) is 108 Å². The van der Waals surface area contributed by atoms with Gasteiger partial charge in [-0.25, -0.2) is 4.79 Å². The summed E-state index contributed by atoms with van der Waals surface area (Å²) in [6.07, 6.45) is 8.35. The number of likely N-dealkylation sites (tertiary alicyclic amines) is 1. The molecule has 0 aromatic heterocycles. The second kappa shape index (κ2) is 12.8. The van der Waals surface area contributed by atoms with Crippen LogP contribution in [-0.2, 0) is 30.3 Å². The summed E-state index contributed by atoms with van der Waals surface area (Å²) in [6, 6.07) is 7.93. The Balaban J connectivity index is 1.27. The average Bonchev–Trinajstić information content (AvgIpc) is 3.25. The number of carbonyl (C=O) groups excluding carboxylic acids is 4. The van der Waals surface area contributed by atoms with Crippen LogP contribution in [0.3, 0.4) is 0 Å². The third kappa shape index (κ3) is 7.12. The fourth-order valence-corrected chi connectivity index (χ4v) is 8.62. The highest BCUT2D eigenvalue weighted by atomic mass is 16.6. The Bertz CT molecular complexity index is 1190. The van der Waals surface area contributed by atoms with Gasteiger partial charge in [0.25, 0.3) is 0 Å². The Kier molecular flexibility index (Phi) is 9.42. The second-order valence-corrected chi connectivity index (χ2v) is 14.9. The van der Waals surface area contributed by atoms with E-state index in [0.717, 1.165) is 38.5 Å². The van der Waals surface area contributed by atoms with Gasteiger partial charge in [-0.3, -0.25) is 19.3 Å². The SMILES string of the molecule is CC(C)(C)OC(=O)[C@]1(O)[C@@H](NC(=O)[C@H](CC(N)=O)NC(=O)C23CC4CC(CC(C4)C2)C3)CCN1CCCCc1ccccc1. The van der Waals surface area contributed by atoms with Gasteiger partial charge < -0.3 is 26.2 Å². The molecule has 5 fully saturated rings. The first kappa shape index (κ1) is 32.4. The van der Waals surface area contributed by atoms with Gasteiger partial charge in [0.2, 0.25) is 23.4 Å². The van der Waals surface area contributed by atoms with Gasteiger partial charge in [0.1, 0.15) is 11.6 Å². The summed E-state index contributed by atoms with van der Waals surface area (Å²) in [5, 5.41) is 17.7. The molecule has 0 radical (unpaired) electrons. The molecule has 0 spiro atoms. The molecule has 5 aliphatic rings. The van der Waals surface area contributed by atoms with Crippen LogP contribution in [0.2, 0.25) is 0 Å². The summed E-state index contributed by atoms with van der Waals surface area (Å²) in [5.41, 5.74) is 3.28. The fourth-order valence-electron chi connectivity index (χ4n) is 8.62. The first-order chi connectivity index (χ1) is 20.8. The molecule has 1 aliphatic heterocycles. The maximum atomic E-state index is 13.7. The van der Waals surface area contributed by atoms with Crippen molar-refractivity contribution in [2.24, 2.45) is 28.9 Å². The maximum absolute atomic E-state index is 13.7. The summed E-state index contributed by atoms with van der Waals surface area (Å²) in [6.45, 7) is 5.98. The number of rotatable bonds is 12. The molecular weight excluding hydrogens is 560 g/mol. The van der Waals surface area contributed by atoms with Gasteiger partial charge in [0, 0.05) is 18.5 Å². The lowest BCUT2D eigenvalue weighted by Gasteiger charge is -2.55. The van der Waals surface area contributed by atoms with Crippen molar-refractivity contribution in [2.75, 3.05) is 13.1 Å². The van der Waals surface area contributed by atoms with Crippen LogP contribution in [0.5, 0.6) is 0 Å². The number of aliphatic hydroxyl groups is 1. The molecule has 4 saturated carbocycles. The Morgan fingerprint density at radius 1 is 1.02 bits per heavy atom. The number of benzene rings is 1. The lowest BCUT2D eigenvalue weighted by Crippen LogP contribution is -2.65. The highest BCUT2D eigenvalue weighted by Gasteiger charge is 2.57. The third-order valence-corrected chi connectivity index (χ3v) is 10.2. The molecule has 242 valence electrons. The van der Waals surface area contributed by atoms with E-state index in [2.05, 4.69) is 22.8 Å². The number of nitrogens with two attached hydrogens (primary N) is 1. The van der Waals surface area contributed by atoms with Crippen LogP contribution in [-0.4, -0.2) is 70.2 Å². The highest BCUT2D eigenvalue weighted by molar-refractivity contribution is 5.94. The van der Waals surface area contributed by atoms with Crippen molar-refractivity contribution >= 4 is 23.7 Å². The molecular formula is C34H50N4O6. The van der Waals surface area contributed by atoms with Crippen LogP contribution >= 0.6 is 0 Å². The van der Waals surface area contributed by atoms with Gasteiger partial charge in [0.05, 0.1) is 12.5 Å². The molecule has 1 heterocycles. The van der Waals surface area contributed by atoms with E-state index in [-0.39, 0.29) is 12.3 Å². The number of esters is 1. The number of nitrogens with one attached hydrogen (secondary N) is 2. The topological polar surface area (TPSA) is 151 Å². The molecule has 1 aromatic rings. The molecule has 10 nitrogen and oxygen atoms in total. The number of ether oxygens (including phenoxy) is 1. The highest BCUT2D eigenvalue weighted by Crippen LogP contribution is 2.60. The zero-order valence-electron chi connectivity index (χ0n) is 26.5. The van der Waals surface area contributed by atoms with Gasteiger partial charge in [-0.15, -0.1) is 0 Å². The van der Waals surface area contributed by atoms with Crippen molar-refractivity contribution in [3.8, 4) is 0 Å². The van der Waals surface area contributed by atoms with E-state index in [1.165, 1.54) is 24.8 Å². The smallest absolute Gasteiger partial charge is 0.356 e. The summed E-state index contributed by atoms with van der Waals surface area (Å²) in [4.78, 5) is 54.7. The molecule has 4 bridgehead atoms. The van der Waals surface area contributed by atoms with E-state index >= 15 is 0 Å². The Morgan fingerprint density at radius 2 is 1.64 bits per heavy atom. The monoisotopic (exact) mass is 610 g/mol. The maximum Gasteiger partial charge on any atom is 0.356 e. The minimum absolute atomic E-state index is 0.188. The molecule has 5 N–H and O–H groups in total.